The highest BCUT2D eigenvalue weighted by atomic mass is 16.8. The van der Waals surface area contributed by atoms with Crippen LogP contribution in [0.2, 0.25) is 0 Å². The van der Waals surface area contributed by atoms with Crippen LogP contribution in [0.5, 0.6) is 0 Å². The summed E-state index contributed by atoms with van der Waals surface area (Å²) in [5.74, 6) is -1.83. The van der Waals surface area contributed by atoms with Gasteiger partial charge in [-0.05, 0) is 0 Å². The molecule has 5 heterocycles. The first-order valence-corrected chi connectivity index (χ1v) is 22.0. The molecule has 0 aromatic rings. The van der Waals surface area contributed by atoms with Crippen LogP contribution in [0.25, 0.3) is 0 Å². The molecule has 31 nitrogen and oxygen atoms in total. The molecule has 5 aliphatic heterocycles. The molecule has 408 valence electrons. The Morgan fingerprint density at radius 3 is 1.36 bits per heavy atom. The zero-order valence-corrected chi connectivity index (χ0v) is 37.0. The van der Waals surface area contributed by atoms with Crippen LogP contribution in [0.3, 0.4) is 0 Å². The van der Waals surface area contributed by atoms with E-state index in [0.29, 0.717) is 12.2 Å². The molecule has 0 spiro atoms. The molecule has 70 heavy (non-hydrogen) atoms. The minimum absolute atomic E-state index is 0.426. The first-order valence-electron chi connectivity index (χ1n) is 22.0. The summed E-state index contributed by atoms with van der Waals surface area (Å²) in [6.45, 7) is -4.18. The van der Waals surface area contributed by atoms with E-state index in [9.17, 15) is 102 Å². The van der Waals surface area contributed by atoms with E-state index in [1.807, 2.05) is 0 Å². The van der Waals surface area contributed by atoms with Crippen LogP contribution in [0.1, 0.15) is 12.8 Å². The van der Waals surface area contributed by atoms with E-state index in [1.165, 1.54) is 0 Å². The van der Waals surface area contributed by atoms with Crippen molar-refractivity contribution in [3.8, 4) is 0 Å². The van der Waals surface area contributed by atoms with Crippen molar-refractivity contribution in [3.63, 3.8) is 0 Å². The molecule has 5 aliphatic rings. The highest BCUT2D eigenvalue weighted by Crippen LogP contribution is 2.31. The summed E-state index contributed by atoms with van der Waals surface area (Å²) in [5.41, 5.74) is 0. The maximum atomic E-state index is 11.4. The zero-order valence-electron chi connectivity index (χ0n) is 37.0. The quantitative estimate of drug-likeness (QED) is 0.0354. The summed E-state index contributed by atoms with van der Waals surface area (Å²) in [6, 6.07) is 0. The van der Waals surface area contributed by atoms with Crippen LogP contribution in [-0.4, -0.2) is 308 Å². The lowest BCUT2D eigenvalue weighted by atomic mass is 9.98. The van der Waals surface area contributed by atoms with Crippen LogP contribution in [0.15, 0.2) is 23.7 Å². The molecule has 0 bridgehead atoms. The topological polar surface area (TPSA) is 506 Å². The summed E-state index contributed by atoms with van der Waals surface area (Å²) in [6.07, 6.45) is -47.2. The first-order chi connectivity index (χ1) is 33.0. The van der Waals surface area contributed by atoms with Gasteiger partial charge >= 0.3 is 0 Å². The standard InChI is InChI=1S/C39H66O31/c40-3-1-17(12(41)5-21(46)47)66-39-33(59)28(54)34(20(69-39)11-65-37-31(57)25(51)16(45)9-63-37)70-22(48)6-13(42)18(2-4-60-35-29(55)23(49)14(43)7-61-35)67-38-32(58)27(53)26(52)19(68-38)10-64-36-30(56)24(50)15(44)8-62-36/h5-6,14-59H,1-4,7-11H2/b12-5-,13-6-. The molecule has 0 aromatic heterocycles. The molecule has 0 saturated carbocycles. The summed E-state index contributed by atoms with van der Waals surface area (Å²) < 4.78 is 60.4. The van der Waals surface area contributed by atoms with E-state index in [4.69, 9.17) is 52.1 Å². The molecule has 0 aliphatic carbocycles. The van der Waals surface area contributed by atoms with E-state index < -0.39 is 231 Å². The van der Waals surface area contributed by atoms with Crippen LogP contribution < -0.4 is 0 Å². The molecule has 5 rings (SSSR count). The monoisotopic (exact) mass is 1030 g/mol. The van der Waals surface area contributed by atoms with E-state index in [2.05, 4.69) is 0 Å². The van der Waals surface area contributed by atoms with Crippen molar-refractivity contribution in [1.29, 1.82) is 0 Å². The summed E-state index contributed by atoms with van der Waals surface area (Å²) in [4.78, 5) is 0. The molecule has 25 atom stereocenters. The van der Waals surface area contributed by atoms with Gasteiger partial charge in [0, 0.05) is 31.6 Å². The van der Waals surface area contributed by atoms with Gasteiger partial charge in [-0.25, -0.2) is 0 Å². The van der Waals surface area contributed by atoms with Crippen molar-refractivity contribution < 1.29 is 154 Å². The van der Waals surface area contributed by atoms with Gasteiger partial charge in [-0.15, -0.1) is 0 Å². The second-order valence-corrected chi connectivity index (χ2v) is 17.0. The lowest BCUT2D eigenvalue weighted by Gasteiger charge is -2.44. The normalized spacial score (nSPS) is 43.8. The summed E-state index contributed by atoms with van der Waals surface area (Å²) in [7, 11) is 0. The Balaban J connectivity index is 1.36. The number of aliphatic hydroxyl groups is 20. The minimum atomic E-state index is -2.35. The van der Waals surface area contributed by atoms with Crippen LogP contribution in [0.4, 0.5) is 0 Å². The third kappa shape index (κ3) is 15.0. The van der Waals surface area contributed by atoms with Crippen molar-refractivity contribution in [2.24, 2.45) is 0 Å². The maximum Gasteiger partial charge on any atom is 0.187 e. The molecule has 0 amide bonds. The van der Waals surface area contributed by atoms with Gasteiger partial charge in [-0.1, -0.05) is 0 Å². The number of hydrogen-bond donors (Lipinski definition) is 20. The van der Waals surface area contributed by atoms with Gasteiger partial charge in [-0.3, -0.25) is 0 Å². The third-order valence-corrected chi connectivity index (χ3v) is 11.8. The summed E-state index contributed by atoms with van der Waals surface area (Å²) >= 11 is 0. The molecule has 31 heteroatoms. The van der Waals surface area contributed by atoms with Crippen molar-refractivity contribution in [3.05, 3.63) is 23.7 Å². The van der Waals surface area contributed by atoms with Crippen molar-refractivity contribution in [2.45, 2.75) is 173 Å². The Kier molecular flexibility index (Phi) is 22.6. The molecule has 0 radical (unpaired) electrons. The van der Waals surface area contributed by atoms with E-state index in [0.717, 1.165) is 0 Å². The van der Waals surface area contributed by atoms with Gasteiger partial charge in [-0.2, -0.15) is 0 Å². The maximum absolute atomic E-state index is 11.4. The third-order valence-electron chi connectivity index (χ3n) is 11.8. The van der Waals surface area contributed by atoms with Gasteiger partial charge in [0.1, 0.15) is 127 Å². The summed E-state index contributed by atoms with van der Waals surface area (Å²) in [5, 5.41) is 207. The van der Waals surface area contributed by atoms with Gasteiger partial charge < -0.3 is 154 Å². The Bertz CT molecular complexity index is 1610. The molecular formula is C39H66O31. The van der Waals surface area contributed by atoms with Gasteiger partial charge in [0.05, 0.1) is 39.6 Å². The second-order valence-electron chi connectivity index (χ2n) is 17.0. The number of ether oxygens (including phenoxy) is 11. The van der Waals surface area contributed by atoms with E-state index in [1.54, 1.807) is 0 Å². The van der Waals surface area contributed by atoms with Crippen molar-refractivity contribution in [1.82, 2.24) is 0 Å². The highest BCUT2D eigenvalue weighted by molar-refractivity contribution is 5.04. The Morgan fingerprint density at radius 2 is 0.871 bits per heavy atom. The SMILES string of the molecule is OCCC(OC1OC(COC2OCC(O)C(O)C2O)C(OC(O)/C=C(\O)C(CCOC2OCC(O)C(O)C2O)OC2OC(COC3OCC(O)C(O)C3O)C(O)C(O)C2O)C(O)C1O)/C(O)=C/C(O)O. The largest absolute Gasteiger partial charge is 0.510 e. The Labute approximate surface area is 396 Å². The van der Waals surface area contributed by atoms with E-state index in [-0.39, 0.29) is 0 Å². The number of rotatable bonds is 22. The Morgan fingerprint density at radius 1 is 0.457 bits per heavy atom. The first kappa shape index (κ1) is 58.8. The molecule has 5 fully saturated rings. The van der Waals surface area contributed by atoms with Crippen LogP contribution in [-0.2, 0) is 52.1 Å². The molecule has 5 saturated heterocycles. The average molecular weight is 1030 g/mol. The lowest BCUT2D eigenvalue weighted by molar-refractivity contribution is -0.340. The fourth-order valence-electron chi connectivity index (χ4n) is 7.66. The predicted molar refractivity (Wildman–Crippen MR) is 215 cm³/mol. The zero-order chi connectivity index (χ0) is 51.7. The van der Waals surface area contributed by atoms with Gasteiger partial charge in [0.15, 0.2) is 44.0 Å². The average Bonchev–Trinajstić information content (AvgIpc) is 3.31. The van der Waals surface area contributed by atoms with Gasteiger partial charge in [0.2, 0.25) is 0 Å². The molecule has 0 aromatic carbocycles. The molecule has 20 N–H and O–H groups in total. The molecular weight excluding hydrogens is 964 g/mol. The van der Waals surface area contributed by atoms with Crippen molar-refractivity contribution >= 4 is 0 Å². The minimum Gasteiger partial charge on any atom is -0.510 e. The lowest BCUT2D eigenvalue weighted by Crippen LogP contribution is -2.62. The predicted octanol–water partition coefficient (Wildman–Crippen LogP) is -11.0. The van der Waals surface area contributed by atoms with Gasteiger partial charge in [0.25, 0.3) is 0 Å². The number of hydrogen-bond acceptors (Lipinski definition) is 31. The van der Waals surface area contributed by atoms with E-state index >= 15 is 0 Å². The fourth-order valence-corrected chi connectivity index (χ4v) is 7.66. The van der Waals surface area contributed by atoms with Crippen LogP contribution in [0, 0.1) is 0 Å². The number of aliphatic hydroxyl groups excluding tert-OH is 19. The Hall–Kier alpha value is -2.08. The van der Waals surface area contributed by atoms with Crippen LogP contribution >= 0.6 is 0 Å². The fraction of sp³-hybridized carbons (Fsp3) is 0.897. The van der Waals surface area contributed by atoms with Crippen molar-refractivity contribution in [2.75, 3.05) is 46.2 Å². The smallest absolute Gasteiger partial charge is 0.187 e. The highest BCUT2D eigenvalue weighted by Gasteiger charge is 2.50. The molecule has 25 unspecified atom stereocenters. The second kappa shape index (κ2) is 26.9.